The van der Waals surface area contributed by atoms with Crippen molar-refractivity contribution in [3.05, 3.63) is 52.2 Å². The highest BCUT2D eigenvalue weighted by Gasteiger charge is 2.42. The molecule has 2 fully saturated rings. The van der Waals surface area contributed by atoms with Crippen molar-refractivity contribution in [2.24, 2.45) is 5.41 Å². The van der Waals surface area contributed by atoms with Crippen LogP contribution in [-0.4, -0.2) is 58.1 Å². The average molecular weight is 404 g/mol. The lowest BCUT2D eigenvalue weighted by molar-refractivity contribution is -0.134. The van der Waals surface area contributed by atoms with Crippen LogP contribution in [0, 0.1) is 11.2 Å². The van der Waals surface area contributed by atoms with E-state index in [4.69, 9.17) is 0 Å². The Labute approximate surface area is 168 Å². The third-order valence-electron chi connectivity index (χ3n) is 6.04. The first-order valence-corrected chi connectivity index (χ1v) is 10.7. The fraction of sp³-hybridized carbons (Fsp3) is 0.524. The second-order valence-electron chi connectivity index (χ2n) is 8.14. The van der Waals surface area contributed by atoms with Crippen LogP contribution in [0.1, 0.15) is 29.7 Å². The van der Waals surface area contributed by atoms with Crippen LogP contribution in [0.3, 0.4) is 0 Å². The number of likely N-dealkylation sites (tertiary alicyclic amines) is 2. The first-order valence-electron chi connectivity index (χ1n) is 9.82. The third-order valence-corrected chi connectivity index (χ3v) is 6.80. The number of aliphatic hydroxyl groups is 1. The maximum Gasteiger partial charge on any atom is 0.227 e. The van der Waals surface area contributed by atoms with E-state index >= 15 is 0 Å². The molecule has 2 aromatic rings. The number of hydrogen-bond donors (Lipinski definition) is 1. The SMILES string of the molecule is O=C(Cc1ccccc1F)N1CCC2(CC1)CC(O)CN(Cc1cncs1)C2. The Morgan fingerprint density at radius 2 is 2.11 bits per heavy atom. The summed E-state index contributed by atoms with van der Waals surface area (Å²) in [6.07, 6.45) is 4.23. The molecule has 2 aliphatic heterocycles. The highest BCUT2D eigenvalue weighted by molar-refractivity contribution is 7.09. The maximum atomic E-state index is 13.8. The lowest BCUT2D eigenvalue weighted by atomic mass is 9.71. The molecule has 1 aromatic carbocycles. The van der Waals surface area contributed by atoms with Gasteiger partial charge in [0.1, 0.15) is 5.82 Å². The van der Waals surface area contributed by atoms with Crippen molar-refractivity contribution in [3.8, 4) is 0 Å². The van der Waals surface area contributed by atoms with Crippen molar-refractivity contribution in [2.45, 2.75) is 38.3 Å². The van der Waals surface area contributed by atoms with Gasteiger partial charge in [-0.15, -0.1) is 11.3 Å². The van der Waals surface area contributed by atoms with Crippen LogP contribution in [-0.2, 0) is 17.8 Å². The van der Waals surface area contributed by atoms with Gasteiger partial charge in [-0.05, 0) is 36.3 Å². The number of thiazole rings is 1. The molecule has 1 spiro atoms. The number of aliphatic hydroxyl groups excluding tert-OH is 1. The summed E-state index contributed by atoms with van der Waals surface area (Å²) in [6, 6.07) is 6.47. The van der Waals surface area contributed by atoms with E-state index in [2.05, 4.69) is 9.88 Å². The van der Waals surface area contributed by atoms with E-state index < -0.39 is 0 Å². The Balaban J connectivity index is 1.35. The van der Waals surface area contributed by atoms with E-state index in [-0.39, 0.29) is 29.7 Å². The van der Waals surface area contributed by atoms with Gasteiger partial charge in [0.2, 0.25) is 5.91 Å². The first kappa shape index (κ1) is 19.5. The number of rotatable bonds is 4. The summed E-state index contributed by atoms with van der Waals surface area (Å²) in [5.41, 5.74) is 2.35. The minimum absolute atomic E-state index is 0.0159. The molecule has 150 valence electrons. The Morgan fingerprint density at radius 1 is 1.32 bits per heavy atom. The van der Waals surface area contributed by atoms with Gasteiger partial charge in [-0.1, -0.05) is 18.2 Å². The number of benzene rings is 1. The van der Waals surface area contributed by atoms with Gasteiger partial charge in [-0.25, -0.2) is 4.39 Å². The van der Waals surface area contributed by atoms with Gasteiger partial charge in [0.05, 0.1) is 18.0 Å². The predicted octanol–water partition coefficient (Wildman–Crippen LogP) is 2.70. The zero-order chi connectivity index (χ0) is 19.6. The van der Waals surface area contributed by atoms with Crippen molar-refractivity contribution in [1.82, 2.24) is 14.8 Å². The number of halogens is 1. The summed E-state index contributed by atoms with van der Waals surface area (Å²) < 4.78 is 13.8. The maximum absolute atomic E-state index is 13.8. The standard InChI is InChI=1S/C21H26FN3O2S/c22-19-4-2-1-3-16(19)9-20(27)25-7-5-21(6-8-25)10-17(26)12-24(14-21)13-18-11-23-15-28-18/h1-4,11,15,17,26H,5-10,12-14H2. The molecule has 4 rings (SSSR count). The van der Waals surface area contributed by atoms with Crippen LogP contribution in [0.25, 0.3) is 0 Å². The smallest absolute Gasteiger partial charge is 0.227 e. The highest BCUT2D eigenvalue weighted by Crippen LogP contribution is 2.40. The van der Waals surface area contributed by atoms with Crippen LogP contribution in [0.2, 0.25) is 0 Å². The van der Waals surface area contributed by atoms with Gasteiger partial charge in [0.15, 0.2) is 0 Å². The zero-order valence-corrected chi connectivity index (χ0v) is 16.7. The Kier molecular flexibility index (Phi) is 5.75. The molecule has 1 N–H and O–H groups in total. The summed E-state index contributed by atoms with van der Waals surface area (Å²) in [4.78, 5) is 22.1. The number of aromatic nitrogens is 1. The fourth-order valence-electron chi connectivity index (χ4n) is 4.64. The second kappa shape index (κ2) is 8.27. The summed E-state index contributed by atoms with van der Waals surface area (Å²) in [5.74, 6) is -0.337. The Morgan fingerprint density at radius 3 is 2.82 bits per heavy atom. The minimum atomic E-state index is -0.331. The first-order chi connectivity index (χ1) is 13.5. The van der Waals surface area contributed by atoms with E-state index in [1.165, 1.54) is 10.9 Å². The average Bonchev–Trinajstić information content (AvgIpc) is 3.16. The summed E-state index contributed by atoms with van der Waals surface area (Å²) >= 11 is 1.64. The topological polar surface area (TPSA) is 56.7 Å². The lowest BCUT2D eigenvalue weighted by Gasteiger charge is -2.49. The molecular weight excluding hydrogens is 377 g/mol. The number of carbonyl (C=O) groups is 1. The van der Waals surface area contributed by atoms with Gasteiger partial charge in [0, 0.05) is 43.8 Å². The van der Waals surface area contributed by atoms with E-state index in [9.17, 15) is 14.3 Å². The van der Waals surface area contributed by atoms with Crippen LogP contribution in [0.4, 0.5) is 4.39 Å². The van der Waals surface area contributed by atoms with Gasteiger partial charge >= 0.3 is 0 Å². The van der Waals surface area contributed by atoms with Crippen LogP contribution in [0.5, 0.6) is 0 Å². The molecule has 5 nitrogen and oxygen atoms in total. The third kappa shape index (κ3) is 4.42. The number of nitrogens with zero attached hydrogens (tertiary/aromatic N) is 3. The molecule has 0 saturated carbocycles. The Bertz CT molecular complexity index is 806. The van der Waals surface area contributed by atoms with Gasteiger partial charge in [-0.3, -0.25) is 14.7 Å². The molecule has 7 heteroatoms. The van der Waals surface area contributed by atoms with Crippen molar-refractivity contribution >= 4 is 17.2 Å². The molecule has 3 heterocycles. The van der Waals surface area contributed by atoms with E-state index in [1.54, 1.807) is 29.5 Å². The summed E-state index contributed by atoms with van der Waals surface area (Å²) in [7, 11) is 0. The Hall–Kier alpha value is -1.83. The molecule has 1 unspecified atom stereocenters. The number of hydrogen-bond acceptors (Lipinski definition) is 5. The normalized spacial score (nSPS) is 22.5. The zero-order valence-electron chi connectivity index (χ0n) is 15.9. The fourth-order valence-corrected chi connectivity index (χ4v) is 5.27. The minimum Gasteiger partial charge on any atom is -0.392 e. The number of amides is 1. The molecule has 28 heavy (non-hydrogen) atoms. The van der Waals surface area contributed by atoms with Crippen LogP contribution < -0.4 is 0 Å². The van der Waals surface area contributed by atoms with Crippen molar-refractivity contribution in [1.29, 1.82) is 0 Å². The molecule has 0 aliphatic carbocycles. The van der Waals surface area contributed by atoms with Crippen molar-refractivity contribution in [2.75, 3.05) is 26.2 Å². The number of carbonyl (C=O) groups excluding carboxylic acids is 1. The molecule has 0 radical (unpaired) electrons. The van der Waals surface area contributed by atoms with Gasteiger partial charge in [0.25, 0.3) is 0 Å². The molecule has 1 amide bonds. The molecule has 2 aliphatic rings. The molecular formula is C21H26FN3O2S. The summed E-state index contributed by atoms with van der Waals surface area (Å²) in [6.45, 7) is 3.80. The highest BCUT2D eigenvalue weighted by atomic mass is 32.1. The van der Waals surface area contributed by atoms with Crippen LogP contribution >= 0.6 is 11.3 Å². The monoisotopic (exact) mass is 403 g/mol. The molecule has 0 bridgehead atoms. The predicted molar refractivity (Wildman–Crippen MR) is 106 cm³/mol. The van der Waals surface area contributed by atoms with Gasteiger partial charge < -0.3 is 10.0 Å². The lowest BCUT2D eigenvalue weighted by Crippen LogP contribution is -2.54. The van der Waals surface area contributed by atoms with Crippen molar-refractivity contribution in [3.63, 3.8) is 0 Å². The van der Waals surface area contributed by atoms with E-state index in [1.807, 2.05) is 16.6 Å². The quantitative estimate of drug-likeness (QED) is 0.853. The largest absolute Gasteiger partial charge is 0.392 e. The number of β-amino-alcohol motifs (C(OH)–C–C–N with tert-alkyl or cyclic N) is 1. The molecule has 1 atom stereocenters. The second-order valence-corrected chi connectivity index (χ2v) is 9.12. The van der Waals surface area contributed by atoms with E-state index in [0.29, 0.717) is 25.2 Å². The van der Waals surface area contributed by atoms with Crippen molar-refractivity contribution < 1.29 is 14.3 Å². The molecule has 1 aromatic heterocycles. The van der Waals surface area contributed by atoms with E-state index in [0.717, 1.165) is 32.4 Å². The van der Waals surface area contributed by atoms with Crippen LogP contribution in [0.15, 0.2) is 36.0 Å². The summed E-state index contributed by atoms with van der Waals surface area (Å²) in [5, 5.41) is 10.5. The van der Waals surface area contributed by atoms with Gasteiger partial charge in [-0.2, -0.15) is 0 Å². The number of piperidine rings is 2. The molecule has 2 saturated heterocycles.